The van der Waals surface area contributed by atoms with Crippen LogP contribution < -0.4 is 0 Å². The summed E-state index contributed by atoms with van der Waals surface area (Å²) in [5.74, 6) is -0.0171. The van der Waals surface area contributed by atoms with Crippen LogP contribution in [-0.4, -0.2) is 24.4 Å². The van der Waals surface area contributed by atoms with Crippen LogP contribution in [-0.2, 0) is 11.2 Å². The Morgan fingerprint density at radius 2 is 2.54 bits per heavy atom. The average molecular weight is 195 g/mol. The molecule has 2 nitrogen and oxygen atoms in total. The lowest BCUT2D eigenvalue weighted by atomic mass is 10.3. The Morgan fingerprint density at radius 1 is 1.77 bits per heavy atom. The highest BCUT2D eigenvalue weighted by atomic mass is 32.1. The first kappa shape index (κ1) is 9.99. The topological polar surface area (TPSA) is 20.3 Å². The first-order valence-electron chi connectivity index (χ1n) is 4.14. The number of likely N-dealkylation sites (N-methyl/N-ethyl adjacent to an activating group) is 1. The standard InChI is InChI=1S/C10H13NOS/c1-3-10(12)11(2)7-6-9-5-4-8-13-9/h3-5,8H,1,6-7H2,2H3. The van der Waals surface area contributed by atoms with Gasteiger partial charge < -0.3 is 4.90 Å². The fourth-order valence-electron chi connectivity index (χ4n) is 0.999. The van der Waals surface area contributed by atoms with Gasteiger partial charge in [-0.3, -0.25) is 4.79 Å². The van der Waals surface area contributed by atoms with E-state index in [1.165, 1.54) is 11.0 Å². The van der Waals surface area contributed by atoms with Crippen molar-refractivity contribution in [3.8, 4) is 0 Å². The van der Waals surface area contributed by atoms with Crippen LogP contribution in [0.2, 0.25) is 0 Å². The third-order valence-corrected chi connectivity index (χ3v) is 2.76. The van der Waals surface area contributed by atoms with Crippen molar-refractivity contribution in [2.45, 2.75) is 6.42 Å². The maximum absolute atomic E-state index is 11.1. The van der Waals surface area contributed by atoms with Gasteiger partial charge in [0.1, 0.15) is 0 Å². The Hall–Kier alpha value is -1.09. The molecule has 1 heterocycles. The van der Waals surface area contributed by atoms with Gasteiger partial charge in [0.15, 0.2) is 0 Å². The van der Waals surface area contributed by atoms with Crippen molar-refractivity contribution in [2.24, 2.45) is 0 Å². The summed E-state index contributed by atoms with van der Waals surface area (Å²) < 4.78 is 0. The predicted octanol–water partition coefficient (Wildman–Crippen LogP) is 1.94. The number of hydrogen-bond acceptors (Lipinski definition) is 2. The summed E-state index contributed by atoms with van der Waals surface area (Å²) in [6, 6.07) is 4.10. The van der Waals surface area contributed by atoms with Crippen molar-refractivity contribution < 1.29 is 4.79 Å². The van der Waals surface area contributed by atoms with Crippen LogP contribution in [0.4, 0.5) is 0 Å². The van der Waals surface area contributed by atoms with Gasteiger partial charge in [0.25, 0.3) is 0 Å². The number of thiophene rings is 1. The summed E-state index contributed by atoms with van der Waals surface area (Å²) in [5, 5.41) is 2.05. The molecule has 0 aliphatic carbocycles. The van der Waals surface area contributed by atoms with Crippen LogP contribution >= 0.6 is 11.3 Å². The van der Waals surface area contributed by atoms with Crippen LogP contribution in [0.3, 0.4) is 0 Å². The minimum atomic E-state index is -0.0171. The number of rotatable bonds is 4. The van der Waals surface area contributed by atoms with E-state index in [4.69, 9.17) is 0 Å². The second-order valence-electron chi connectivity index (χ2n) is 2.79. The summed E-state index contributed by atoms with van der Waals surface area (Å²) in [7, 11) is 1.79. The van der Waals surface area contributed by atoms with E-state index in [2.05, 4.69) is 12.6 Å². The first-order chi connectivity index (χ1) is 6.24. The van der Waals surface area contributed by atoms with E-state index < -0.39 is 0 Å². The molecule has 0 fully saturated rings. The van der Waals surface area contributed by atoms with Crippen molar-refractivity contribution in [3.05, 3.63) is 35.0 Å². The molecular weight excluding hydrogens is 182 g/mol. The second-order valence-corrected chi connectivity index (χ2v) is 3.83. The highest BCUT2D eigenvalue weighted by Gasteiger charge is 2.03. The largest absolute Gasteiger partial charge is 0.342 e. The Labute approximate surface area is 82.5 Å². The van der Waals surface area contributed by atoms with E-state index in [0.29, 0.717) is 0 Å². The van der Waals surface area contributed by atoms with Crippen LogP contribution in [0.1, 0.15) is 4.88 Å². The summed E-state index contributed by atoms with van der Waals surface area (Å²) in [6.07, 6.45) is 2.27. The van der Waals surface area contributed by atoms with E-state index in [9.17, 15) is 4.79 Å². The maximum atomic E-state index is 11.1. The smallest absolute Gasteiger partial charge is 0.245 e. The minimum Gasteiger partial charge on any atom is -0.342 e. The van der Waals surface area contributed by atoms with Crippen LogP contribution in [0.15, 0.2) is 30.2 Å². The molecule has 0 saturated heterocycles. The molecule has 70 valence electrons. The van der Waals surface area contributed by atoms with E-state index in [0.717, 1.165) is 13.0 Å². The molecule has 0 saturated carbocycles. The van der Waals surface area contributed by atoms with Gasteiger partial charge in [-0.1, -0.05) is 12.6 Å². The van der Waals surface area contributed by atoms with Gasteiger partial charge in [-0.2, -0.15) is 0 Å². The van der Waals surface area contributed by atoms with Crippen molar-refractivity contribution >= 4 is 17.2 Å². The van der Waals surface area contributed by atoms with Crippen molar-refractivity contribution in [1.82, 2.24) is 4.90 Å². The molecule has 0 aliphatic rings. The van der Waals surface area contributed by atoms with Gasteiger partial charge in [-0.25, -0.2) is 0 Å². The number of carbonyl (C=O) groups is 1. The molecule has 0 aromatic carbocycles. The third-order valence-electron chi connectivity index (χ3n) is 1.82. The van der Waals surface area contributed by atoms with Crippen LogP contribution in [0, 0.1) is 0 Å². The molecule has 0 N–H and O–H groups in total. The SMILES string of the molecule is C=CC(=O)N(C)CCc1cccs1. The summed E-state index contributed by atoms with van der Waals surface area (Å²) in [4.78, 5) is 14.1. The molecule has 1 rings (SSSR count). The minimum absolute atomic E-state index is 0.0171. The van der Waals surface area contributed by atoms with Crippen molar-refractivity contribution in [2.75, 3.05) is 13.6 Å². The number of amides is 1. The molecule has 0 radical (unpaired) electrons. The molecular formula is C10H13NOS. The Morgan fingerprint density at radius 3 is 3.08 bits per heavy atom. The highest BCUT2D eigenvalue weighted by molar-refractivity contribution is 7.09. The summed E-state index contributed by atoms with van der Waals surface area (Å²) >= 11 is 1.72. The van der Waals surface area contributed by atoms with E-state index in [-0.39, 0.29) is 5.91 Å². The normalized spacial score (nSPS) is 9.62. The maximum Gasteiger partial charge on any atom is 0.245 e. The molecule has 0 unspecified atom stereocenters. The number of nitrogens with zero attached hydrogens (tertiary/aromatic N) is 1. The van der Waals surface area contributed by atoms with Crippen molar-refractivity contribution in [3.63, 3.8) is 0 Å². The molecule has 0 spiro atoms. The molecule has 1 amide bonds. The van der Waals surface area contributed by atoms with Gasteiger partial charge in [-0.05, 0) is 23.9 Å². The van der Waals surface area contributed by atoms with Crippen molar-refractivity contribution in [1.29, 1.82) is 0 Å². The highest BCUT2D eigenvalue weighted by Crippen LogP contribution is 2.09. The zero-order chi connectivity index (χ0) is 9.68. The first-order valence-corrected chi connectivity index (χ1v) is 5.02. The van der Waals surface area contributed by atoms with Gasteiger partial charge in [0.2, 0.25) is 5.91 Å². The summed E-state index contributed by atoms with van der Waals surface area (Å²) in [6.45, 7) is 4.19. The molecule has 13 heavy (non-hydrogen) atoms. The molecule has 3 heteroatoms. The Bertz CT molecular complexity index is 279. The Kier molecular flexibility index (Phi) is 3.71. The lowest BCUT2D eigenvalue weighted by Gasteiger charge is -2.13. The summed E-state index contributed by atoms with van der Waals surface area (Å²) in [5.41, 5.74) is 0. The second kappa shape index (κ2) is 4.82. The zero-order valence-corrected chi connectivity index (χ0v) is 8.51. The number of hydrogen-bond donors (Lipinski definition) is 0. The lowest BCUT2D eigenvalue weighted by Crippen LogP contribution is -2.26. The quantitative estimate of drug-likeness (QED) is 0.672. The fraction of sp³-hybridized carbons (Fsp3) is 0.300. The fourth-order valence-corrected chi connectivity index (χ4v) is 1.70. The molecule has 0 bridgehead atoms. The predicted molar refractivity (Wildman–Crippen MR) is 55.9 cm³/mol. The molecule has 1 aromatic rings. The van der Waals surface area contributed by atoms with E-state index >= 15 is 0 Å². The molecule has 1 aromatic heterocycles. The molecule has 0 atom stereocenters. The Balaban J connectivity index is 2.34. The number of carbonyl (C=O) groups excluding carboxylic acids is 1. The zero-order valence-electron chi connectivity index (χ0n) is 7.69. The van der Waals surface area contributed by atoms with Gasteiger partial charge in [0, 0.05) is 18.5 Å². The van der Waals surface area contributed by atoms with Crippen LogP contribution in [0.25, 0.3) is 0 Å². The molecule has 0 aliphatic heterocycles. The van der Waals surface area contributed by atoms with Gasteiger partial charge in [-0.15, -0.1) is 11.3 Å². The third kappa shape index (κ3) is 3.03. The van der Waals surface area contributed by atoms with Gasteiger partial charge >= 0.3 is 0 Å². The lowest BCUT2D eigenvalue weighted by molar-refractivity contribution is -0.124. The monoisotopic (exact) mass is 195 g/mol. The van der Waals surface area contributed by atoms with Gasteiger partial charge in [0.05, 0.1) is 0 Å². The van der Waals surface area contributed by atoms with E-state index in [1.54, 1.807) is 23.3 Å². The van der Waals surface area contributed by atoms with E-state index in [1.807, 2.05) is 11.4 Å². The van der Waals surface area contributed by atoms with Crippen LogP contribution in [0.5, 0.6) is 0 Å². The average Bonchev–Trinajstić information content (AvgIpc) is 2.65.